The summed E-state index contributed by atoms with van der Waals surface area (Å²) in [4.78, 5) is 12.5. The molecular weight excluding hydrogens is 376 g/mol. The summed E-state index contributed by atoms with van der Waals surface area (Å²) in [6, 6.07) is 14.9. The number of hydrogen-bond acceptors (Lipinski definition) is 5. The molecule has 28 heavy (non-hydrogen) atoms. The summed E-state index contributed by atoms with van der Waals surface area (Å²) >= 11 is 0. The smallest absolute Gasteiger partial charge is 0.243 e. The van der Waals surface area contributed by atoms with Gasteiger partial charge in [0.2, 0.25) is 10.0 Å². The second-order valence-corrected chi connectivity index (χ2v) is 8.63. The first-order valence-electron chi connectivity index (χ1n) is 9.04. The van der Waals surface area contributed by atoms with E-state index in [4.69, 9.17) is 4.74 Å². The van der Waals surface area contributed by atoms with Crippen molar-refractivity contribution in [1.82, 2.24) is 19.3 Å². The molecule has 0 saturated carbocycles. The van der Waals surface area contributed by atoms with Crippen LogP contribution in [-0.4, -0.2) is 54.0 Å². The van der Waals surface area contributed by atoms with Gasteiger partial charge < -0.3 is 9.72 Å². The van der Waals surface area contributed by atoms with Gasteiger partial charge in [-0.15, -0.1) is 0 Å². The van der Waals surface area contributed by atoms with Crippen molar-refractivity contribution < 1.29 is 13.2 Å². The molecule has 0 aliphatic carbocycles. The monoisotopic (exact) mass is 394 g/mol. The van der Waals surface area contributed by atoms with Crippen molar-refractivity contribution in [3.63, 3.8) is 0 Å². The minimum absolute atomic E-state index is 0.261. The molecule has 1 N–H and O–H groups in total. The van der Waals surface area contributed by atoms with Gasteiger partial charge in [-0.3, -0.25) is 4.98 Å². The number of nitrogens with zero attached hydrogens (tertiary/aromatic N) is 3. The van der Waals surface area contributed by atoms with Crippen molar-refractivity contribution in [2.75, 3.05) is 26.3 Å². The molecule has 5 rings (SSSR count). The van der Waals surface area contributed by atoms with Crippen molar-refractivity contribution in [2.45, 2.75) is 4.90 Å². The molecule has 0 radical (unpaired) electrons. The van der Waals surface area contributed by atoms with Crippen LogP contribution in [-0.2, 0) is 14.8 Å². The van der Waals surface area contributed by atoms with Crippen LogP contribution >= 0.6 is 0 Å². The summed E-state index contributed by atoms with van der Waals surface area (Å²) < 4.78 is 32.5. The van der Waals surface area contributed by atoms with Gasteiger partial charge in [-0.05, 0) is 30.3 Å². The van der Waals surface area contributed by atoms with Crippen LogP contribution in [0.1, 0.15) is 0 Å². The lowest BCUT2D eigenvalue weighted by molar-refractivity contribution is 0.0730. The summed E-state index contributed by atoms with van der Waals surface area (Å²) in [6.45, 7) is 1.59. The third kappa shape index (κ3) is 2.95. The van der Waals surface area contributed by atoms with E-state index >= 15 is 0 Å². The summed E-state index contributed by atoms with van der Waals surface area (Å²) in [5.41, 5.74) is 3.19. The number of rotatable bonds is 3. The molecule has 2 aromatic carbocycles. The van der Waals surface area contributed by atoms with Gasteiger partial charge in [0.1, 0.15) is 5.82 Å². The Morgan fingerprint density at radius 3 is 2.71 bits per heavy atom. The molecule has 7 nitrogen and oxygen atoms in total. The van der Waals surface area contributed by atoms with Crippen molar-refractivity contribution in [3.05, 3.63) is 54.7 Å². The Balaban J connectivity index is 1.54. The predicted octanol–water partition coefficient (Wildman–Crippen LogP) is 2.80. The van der Waals surface area contributed by atoms with Gasteiger partial charge >= 0.3 is 0 Å². The molecular formula is C20H18N4O3S. The number of pyridine rings is 1. The summed E-state index contributed by atoms with van der Waals surface area (Å²) in [5, 5.41) is 1.06. The van der Waals surface area contributed by atoms with Crippen LogP contribution in [0.15, 0.2) is 59.6 Å². The van der Waals surface area contributed by atoms with Crippen LogP contribution in [0.5, 0.6) is 0 Å². The Morgan fingerprint density at radius 1 is 1.00 bits per heavy atom. The van der Waals surface area contributed by atoms with Crippen molar-refractivity contribution >= 4 is 32.0 Å². The van der Waals surface area contributed by atoms with Crippen LogP contribution in [0.2, 0.25) is 0 Å². The third-order valence-electron chi connectivity index (χ3n) is 4.94. The quantitative estimate of drug-likeness (QED) is 0.577. The van der Waals surface area contributed by atoms with Gasteiger partial charge in [0.15, 0.2) is 0 Å². The standard InChI is InChI=1S/C20H18N4O3S/c25-28(26,24-8-10-27-11-9-24)16-5-6-17-19(13-16)23-20(22-17)15-4-3-14-2-1-7-21-18(14)12-15/h1-7,12-13H,8-11H2,(H,22,23). The summed E-state index contributed by atoms with van der Waals surface area (Å²) in [6.07, 6.45) is 1.76. The fourth-order valence-corrected chi connectivity index (χ4v) is 4.87. The maximum absolute atomic E-state index is 12.9. The molecule has 8 heteroatoms. The molecule has 142 valence electrons. The van der Waals surface area contributed by atoms with E-state index in [1.165, 1.54) is 4.31 Å². The number of benzene rings is 2. The Hall–Kier alpha value is -2.81. The number of fused-ring (bicyclic) bond motifs is 2. The molecule has 1 saturated heterocycles. The lowest BCUT2D eigenvalue weighted by Crippen LogP contribution is -2.40. The molecule has 2 aromatic heterocycles. The van der Waals surface area contributed by atoms with E-state index in [1.807, 2.05) is 30.3 Å². The number of aromatic amines is 1. The Bertz CT molecular complexity index is 1280. The van der Waals surface area contributed by atoms with E-state index in [0.717, 1.165) is 22.0 Å². The lowest BCUT2D eigenvalue weighted by Gasteiger charge is -2.25. The van der Waals surface area contributed by atoms with Crippen molar-refractivity contribution in [1.29, 1.82) is 0 Å². The molecule has 1 fully saturated rings. The Labute approximate surface area is 162 Å². The highest BCUT2D eigenvalue weighted by atomic mass is 32.2. The molecule has 0 spiro atoms. The molecule has 0 bridgehead atoms. The number of morpholine rings is 1. The molecule has 4 aromatic rings. The summed E-state index contributed by atoms with van der Waals surface area (Å²) in [5.74, 6) is 0.684. The van der Waals surface area contributed by atoms with Gasteiger partial charge in [0.25, 0.3) is 0 Å². The second-order valence-electron chi connectivity index (χ2n) is 6.69. The normalized spacial score (nSPS) is 16.0. The Morgan fingerprint density at radius 2 is 1.86 bits per heavy atom. The zero-order valence-electron chi connectivity index (χ0n) is 15.0. The number of ether oxygens (including phenoxy) is 1. The van der Waals surface area contributed by atoms with E-state index < -0.39 is 10.0 Å². The van der Waals surface area contributed by atoms with Gasteiger partial charge in [0, 0.05) is 30.2 Å². The largest absolute Gasteiger partial charge is 0.379 e. The van der Waals surface area contributed by atoms with Gasteiger partial charge in [-0.25, -0.2) is 13.4 Å². The van der Waals surface area contributed by atoms with Crippen LogP contribution < -0.4 is 0 Å². The van der Waals surface area contributed by atoms with Gasteiger partial charge in [0.05, 0.1) is 34.7 Å². The van der Waals surface area contributed by atoms with Crippen LogP contribution in [0, 0.1) is 0 Å². The van der Waals surface area contributed by atoms with Crippen LogP contribution in [0.25, 0.3) is 33.3 Å². The number of sulfonamides is 1. The fourth-order valence-electron chi connectivity index (χ4n) is 3.44. The highest BCUT2D eigenvalue weighted by molar-refractivity contribution is 7.89. The molecule has 1 aliphatic rings. The number of nitrogens with one attached hydrogen (secondary N) is 1. The molecule has 0 amide bonds. The van der Waals surface area contributed by atoms with Crippen molar-refractivity contribution in [3.8, 4) is 11.4 Å². The van der Waals surface area contributed by atoms with Crippen LogP contribution in [0.4, 0.5) is 0 Å². The van der Waals surface area contributed by atoms with E-state index in [2.05, 4.69) is 15.0 Å². The Kier molecular flexibility index (Phi) is 4.12. The van der Waals surface area contributed by atoms with Crippen LogP contribution in [0.3, 0.4) is 0 Å². The van der Waals surface area contributed by atoms with E-state index in [1.54, 1.807) is 24.4 Å². The SMILES string of the molecule is O=S(=O)(c1ccc2nc(-c3ccc4cccnc4c3)[nH]c2c1)N1CCOCC1. The number of aromatic nitrogens is 3. The fraction of sp³-hybridized carbons (Fsp3) is 0.200. The maximum Gasteiger partial charge on any atom is 0.243 e. The average Bonchev–Trinajstić information content (AvgIpc) is 3.17. The molecule has 3 heterocycles. The lowest BCUT2D eigenvalue weighted by atomic mass is 10.1. The van der Waals surface area contributed by atoms with Crippen molar-refractivity contribution in [2.24, 2.45) is 0 Å². The molecule has 0 atom stereocenters. The van der Waals surface area contributed by atoms with E-state index in [0.29, 0.717) is 37.6 Å². The van der Waals surface area contributed by atoms with E-state index in [9.17, 15) is 8.42 Å². The number of H-pyrrole nitrogens is 1. The first kappa shape index (κ1) is 17.3. The molecule has 1 aliphatic heterocycles. The highest BCUT2D eigenvalue weighted by Gasteiger charge is 2.26. The summed E-state index contributed by atoms with van der Waals surface area (Å²) in [7, 11) is -3.54. The zero-order chi connectivity index (χ0) is 19.1. The third-order valence-corrected chi connectivity index (χ3v) is 6.84. The highest BCUT2D eigenvalue weighted by Crippen LogP contribution is 2.26. The van der Waals surface area contributed by atoms with E-state index in [-0.39, 0.29) is 4.90 Å². The number of imidazole rings is 1. The maximum atomic E-state index is 12.9. The molecule has 0 unspecified atom stereocenters. The second kappa shape index (κ2) is 6.66. The topological polar surface area (TPSA) is 88.2 Å². The first-order chi connectivity index (χ1) is 13.6. The van der Waals surface area contributed by atoms with Gasteiger partial charge in [-0.2, -0.15) is 4.31 Å². The average molecular weight is 394 g/mol. The minimum atomic E-state index is -3.54. The number of hydrogen-bond donors (Lipinski definition) is 1. The first-order valence-corrected chi connectivity index (χ1v) is 10.5. The predicted molar refractivity (Wildman–Crippen MR) is 106 cm³/mol. The van der Waals surface area contributed by atoms with Gasteiger partial charge in [-0.1, -0.05) is 18.2 Å². The zero-order valence-corrected chi connectivity index (χ0v) is 15.8. The minimum Gasteiger partial charge on any atom is -0.379 e.